The predicted octanol–water partition coefficient (Wildman–Crippen LogP) is 3.45. The lowest BCUT2D eigenvalue weighted by Crippen LogP contribution is -2.40. The van der Waals surface area contributed by atoms with Crippen LogP contribution in [0.5, 0.6) is 17.2 Å². The van der Waals surface area contributed by atoms with E-state index in [1.165, 1.54) is 42.7 Å². The van der Waals surface area contributed by atoms with Crippen LogP contribution < -0.4 is 19.5 Å². The molecule has 1 aliphatic rings. The monoisotopic (exact) mass is 430 g/mol. The third kappa shape index (κ3) is 5.65. The van der Waals surface area contributed by atoms with E-state index in [1.54, 1.807) is 14.2 Å². The Hall–Kier alpha value is -2.84. The molecule has 2 aromatic rings. The van der Waals surface area contributed by atoms with Gasteiger partial charge in [-0.15, -0.1) is 0 Å². The average molecular weight is 431 g/mol. The molecule has 2 aromatic carbocycles. The fourth-order valence-electron chi connectivity index (χ4n) is 4.18. The quantitative estimate of drug-likeness (QED) is 0.416. The van der Waals surface area contributed by atoms with Crippen LogP contribution in [0.25, 0.3) is 0 Å². The van der Waals surface area contributed by atoms with Crippen LogP contribution in [0.1, 0.15) is 31.2 Å². The Labute approximate surface area is 182 Å². The highest BCUT2D eigenvalue weighted by Crippen LogP contribution is 2.43. The van der Waals surface area contributed by atoms with Crippen molar-refractivity contribution in [3.63, 3.8) is 0 Å². The minimum Gasteiger partial charge on any atom is -0.493 e. The molecule has 1 atom stereocenters. The summed E-state index contributed by atoms with van der Waals surface area (Å²) in [6.07, 6.45) is 3.79. The van der Waals surface area contributed by atoms with Gasteiger partial charge < -0.3 is 24.6 Å². The van der Waals surface area contributed by atoms with Gasteiger partial charge in [-0.2, -0.15) is 0 Å². The largest absolute Gasteiger partial charge is 0.493 e. The average Bonchev–Trinajstić information content (AvgIpc) is 3.27. The number of nitro groups is 1. The van der Waals surface area contributed by atoms with Gasteiger partial charge >= 0.3 is 0 Å². The first-order chi connectivity index (χ1) is 15.0. The van der Waals surface area contributed by atoms with E-state index in [1.807, 2.05) is 6.07 Å². The summed E-state index contributed by atoms with van der Waals surface area (Å²) in [5.41, 5.74) is 1.22. The Morgan fingerprint density at radius 1 is 1.10 bits per heavy atom. The Bertz CT molecular complexity index is 865. The second-order valence-electron chi connectivity index (χ2n) is 7.90. The summed E-state index contributed by atoms with van der Waals surface area (Å²) in [7, 11) is 3.27. The fraction of sp³-hybridized carbons (Fsp3) is 0.478. The van der Waals surface area contributed by atoms with E-state index >= 15 is 0 Å². The fourth-order valence-corrected chi connectivity index (χ4v) is 4.18. The van der Waals surface area contributed by atoms with E-state index in [0.717, 1.165) is 25.1 Å². The minimum atomic E-state index is -0.695. The summed E-state index contributed by atoms with van der Waals surface area (Å²) < 4.78 is 16.4. The van der Waals surface area contributed by atoms with E-state index in [0.29, 0.717) is 18.0 Å². The number of hydrogen-bond acceptors (Lipinski definition) is 7. The molecule has 2 N–H and O–H groups in total. The molecule has 0 saturated heterocycles. The van der Waals surface area contributed by atoms with Gasteiger partial charge in [-0.3, -0.25) is 10.1 Å². The highest BCUT2D eigenvalue weighted by atomic mass is 16.6. The van der Waals surface area contributed by atoms with Crippen LogP contribution in [0.15, 0.2) is 42.5 Å². The number of rotatable bonds is 11. The lowest BCUT2D eigenvalue weighted by atomic mass is 9.78. The first-order valence-corrected chi connectivity index (χ1v) is 10.5. The molecule has 8 heteroatoms. The highest BCUT2D eigenvalue weighted by molar-refractivity contribution is 5.45. The molecule has 0 radical (unpaired) electrons. The molecular weight excluding hydrogens is 400 g/mol. The summed E-state index contributed by atoms with van der Waals surface area (Å²) in [5, 5.41) is 24.4. The Morgan fingerprint density at radius 3 is 2.39 bits per heavy atom. The van der Waals surface area contributed by atoms with E-state index in [2.05, 4.69) is 17.4 Å². The Morgan fingerprint density at radius 2 is 1.77 bits per heavy atom. The summed E-state index contributed by atoms with van der Waals surface area (Å²) >= 11 is 0. The molecular formula is C23H30N2O6. The Balaban J connectivity index is 1.54. The first kappa shape index (κ1) is 22.8. The number of hydrogen-bond donors (Lipinski definition) is 2. The molecule has 0 aromatic heterocycles. The van der Waals surface area contributed by atoms with Crippen LogP contribution in [0.2, 0.25) is 0 Å². The van der Waals surface area contributed by atoms with Crippen molar-refractivity contribution in [1.82, 2.24) is 5.32 Å². The molecule has 0 spiro atoms. The van der Waals surface area contributed by atoms with Crippen molar-refractivity contribution in [2.45, 2.75) is 37.2 Å². The number of aliphatic hydroxyl groups is 1. The SMILES string of the molecule is COc1ccc(C2(CNC[C@@H](O)COc3ccc([N+](=O)[O-])cc3)CCCC2)cc1OC. The van der Waals surface area contributed by atoms with Crippen LogP contribution in [0.4, 0.5) is 5.69 Å². The van der Waals surface area contributed by atoms with Gasteiger partial charge in [-0.05, 0) is 42.7 Å². The number of benzene rings is 2. The van der Waals surface area contributed by atoms with Crippen LogP contribution >= 0.6 is 0 Å². The molecule has 0 unspecified atom stereocenters. The Kier molecular flexibility index (Phi) is 7.70. The van der Waals surface area contributed by atoms with Gasteiger partial charge in [-0.1, -0.05) is 18.9 Å². The molecule has 0 heterocycles. The minimum absolute atomic E-state index is 0.00149. The molecule has 31 heavy (non-hydrogen) atoms. The normalized spacial score (nSPS) is 16.0. The lowest BCUT2D eigenvalue weighted by Gasteiger charge is -2.31. The summed E-state index contributed by atoms with van der Waals surface area (Å²) in [4.78, 5) is 10.2. The van der Waals surface area contributed by atoms with Gasteiger partial charge in [0.1, 0.15) is 18.5 Å². The molecule has 168 valence electrons. The maximum Gasteiger partial charge on any atom is 0.269 e. The van der Waals surface area contributed by atoms with Crippen molar-refractivity contribution >= 4 is 5.69 Å². The third-order valence-corrected chi connectivity index (χ3v) is 5.89. The number of ether oxygens (including phenoxy) is 3. The highest BCUT2D eigenvalue weighted by Gasteiger charge is 2.36. The zero-order chi connectivity index (χ0) is 22.3. The second kappa shape index (κ2) is 10.5. The number of non-ortho nitro benzene ring substituents is 1. The molecule has 1 fully saturated rings. The third-order valence-electron chi connectivity index (χ3n) is 5.89. The van der Waals surface area contributed by atoms with Crippen LogP contribution in [0, 0.1) is 10.1 Å². The van der Waals surface area contributed by atoms with Gasteiger partial charge in [0.15, 0.2) is 11.5 Å². The smallest absolute Gasteiger partial charge is 0.269 e. The summed E-state index contributed by atoms with van der Waals surface area (Å²) in [6, 6.07) is 11.9. The van der Waals surface area contributed by atoms with E-state index in [-0.39, 0.29) is 17.7 Å². The zero-order valence-electron chi connectivity index (χ0n) is 18.0. The number of nitrogens with one attached hydrogen (secondary N) is 1. The number of aliphatic hydroxyl groups excluding tert-OH is 1. The van der Waals surface area contributed by atoms with Gasteiger partial charge in [-0.25, -0.2) is 0 Å². The van der Waals surface area contributed by atoms with Crippen molar-refractivity contribution < 1.29 is 24.2 Å². The van der Waals surface area contributed by atoms with Crippen LogP contribution in [-0.2, 0) is 5.41 Å². The van der Waals surface area contributed by atoms with Crippen molar-refractivity contribution in [2.24, 2.45) is 0 Å². The van der Waals surface area contributed by atoms with Crippen molar-refractivity contribution in [3.8, 4) is 17.2 Å². The standard InChI is InChI=1S/C23H30N2O6/c1-29-21-10-5-17(13-22(21)30-2)23(11-3-4-12-23)16-24-14-19(26)15-31-20-8-6-18(7-9-20)25(27)28/h5-10,13,19,24,26H,3-4,11-12,14-16H2,1-2H3/t19-/m1/s1. The van der Waals surface area contributed by atoms with Crippen LogP contribution in [0.3, 0.4) is 0 Å². The lowest BCUT2D eigenvalue weighted by molar-refractivity contribution is -0.384. The van der Waals surface area contributed by atoms with Gasteiger partial charge in [0.25, 0.3) is 5.69 Å². The molecule has 0 bridgehead atoms. The molecule has 1 aliphatic carbocycles. The number of nitro benzene ring substituents is 1. The number of nitrogens with zero attached hydrogens (tertiary/aromatic N) is 1. The first-order valence-electron chi connectivity index (χ1n) is 10.5. The van der Waals surface area contributed by atoms with Crippen LogP contribution in [-0.4, -0.2) is 50.0 Å². The van der Waals surface area contributed by atoms with Crippen molar-refractivity contribution in [2.75, 3.05) is 33.9 Å². The van der Waals surface area contributed by atoms with Gasteiger partial charge in [0.2, 0.25) is 0 Å². The van der Waals surface area contributed by atoms with E-state index in [9.17, 15) is 15.2 Å². The molecule has 3 rings (SSSR count). The molecule has 0 aliphatic heterocycles. The van der Waals surface area contributed by atoms with Gasteiger partial charge in [0.05, 0.1) is 19.1 Å². The predicted molar refractivity (Wildman–Crippen MR) is 117 cm³/mol. The topological polar surface area (TPSA) is 103 Å². The maximum absolute atomic E-state index is 10.7. The van der Waals surface area contributed by atoms with Crippen molar-refractivity contribution in [1.29, 1.82) is 0 Å². The molecule has 8 nitrogen and oxygen atoms in total. The number of methoxy groups -OCH3 is 2. The zero-order valence-corrected chi connectivity index (χ0v) is 18.0. The molecule has 0 amide bonds. The van der Waals surface area contributed by atoms with E-state index < -0.39 is 11.0 Å². The second-order valence-corrected chi connectivity index (χ2v) is 7.90. The molecule has 1 saturated carbocycles. The maximum atomic E-state index is 10.7. The van der Waals surface area contributed by atoms with E-state index in [4.69, 9.17) is 14.2 Å². The summed E-state index contributed by atoms with van der Waals surface area (Å²) in [5.74, 6) is 1.93. The van der Waals surface area contributed by atoms with Gasteiger partial charge in [0, 0.05) is 30.6 Å². The summed E-state index contributed by atoms with van der Waals surface area (Å²) in [6.45, 7) is 1.24. The van der Waals surface area contributed by atoms with Crippen molar-refractivity contribution in [3.05, 3.63) is 58.1 Å².